The molecule has 0 atom stereocenters. The molecule has 0 saturated carbocycles. The third kappa shape index (κ3) is 2.43. The summed E-state index contributed by atoms with van der Waals surface area (Å²) in [6.45, 7) is 1.61. The average molecular weight is 272 g/mol. The Kier molecular flexibility index (Phi) is 3.36. The minimum atomic E-state index is -0.590. The molecular weight excluding hydrogens is 265 g/mol. The maximum atomic E-state index is 11.7. The number of aromatic nitrogens is 1. The van der Waals surface area contributed by atoms with Crippen molar-refractivity contribution in [2.24, 2.45) is 0 Å². The summed E-state index contributed by atoms with van der Waals surface area (Å²) >= 11 is 11.7. The van der Waals surface area contributed by atoms with Crippen LogP contribution in [0.4, 0.5) is 0 Å². The Balaban J connectivity index is 2.25. The Labute approximate surface area is 107 Å². The van der Waals surface area contributed by atoms with Crippen LogP contribution in [-0.4, -0.2) is 11.1 Å². The first-order valence-corrected chi connectivity index (χ1v) is 5.42. The summed E-state index contributed by atoms with van der Waals surface area (Å²) in [5, 5.41) is 4.00. The number of aryl methyl sites for hydroxylation is 1. The van der Waals surface area contributed by atoms with Gasteiger partial charge in [-0.3, -0.25) is 0 Å². The minimum absolute atomic E-state index is 0.191. The second-order valence-corrected chi connectivity index (χ2v) is 4.02. The zero-order valence-electron chi connectivity index (χ0n) is 8.74. The van der Waals surface area contributed by atoms with E-state index in [1.54, 1.807) is 25.1 Å². The van der Waals surface area contributed by atoms with E-state index in [0.29, 0.717) is 10.8 Å². The number of carbonyl (C=O) groups excluding carboxylic acids is 1. The third-order valence-electron chi connectivity index (χ3n) is 2.09. The van der Waals surface area contributed by atoms with Crippen LogP contribution in [0.3, 0.4) is 0 Å². The van der Waals surface area contributed by atoms with Gasteiger partial charge >= 0.3 is 5.97 Å². The van der Waals surface area contributed by atoms with E-state index in [9.17, 15) is 4.79 Å². The summed E-state index contributed by atoms with van der Waals surface area (Å²) in [7, 11) is 0. The first-order chi connectivity index (χ1) is 8.09. The lowest BCUT2D eigenvalue weighted by atomic mass is 10.3. The number of hydrogen-bond donors (Lipinski definition) is 0. The van der Waals surface area contributed by atoms with Gasteiger partial charge in [0.2, 0.25) is 0 Å². The van der Waals surface area contributed by atoms with Crippen molar-refractivity contribution in [1.29, 1.82) is 0 Å². The van der Waals surface area contributed by atoms with E-state index in [2.05, 4.69) is 5.16 Å². The Morgan fingerprint density at radius 3 is 2.82 bits per heavy atom. The van der Waals surface area contributed by atoms with Crippen LogP contribution in [0, 0.1) is 6.92 Å². The number of esters is 1. The highest BCUT2D eigenvalue weighted by atomic mass is 35.5. The maximum absolute atomic E-state index is 11.7. The molecule has 0 fully saturated rings. The predicted octanol–water partition coefficient (Wildman–Crippen LogP) is 3.51. The normalized spacial score (nSPS) is 10.3. The van der Waals surface area contributed by atoms with Crippen molar-refractivity contribution in [2.45, 2.75) is 6.92 Å². The van der Waals surface area contributed by atoms with E-state index >= 15 is 0 Å². The molecule has 17 heavy (non-hydrogen) atoms. The first-order valence-electron chi connectivity index (χ1n) is 4.67. The molecule has 6 heteroatoms. The van der Waals surface area contributed by atoms with Gasteiger partial charge < -0.3 is 9.26 Å². The molecule has 0 aliphatic rings. The van der Waals surface area contributed by atoms with Crippen LogP contribution < -0.4 is 4.74 Å². The SMILES string of the molecule is Cc1oncc1C(=O)Oc1cccc(Cl)c1Cl. The van der Waals surface area contributed by atoms with Gasteiger partial charge in [0.25, 0.3) is 0 Å². The molecule has 0 N–H and O–H groups in total. The predicted molar refractivity (Wildman–Crippen MR) is 62.7 cm³/mol. The maximum Gasteiger partial charge on any atom is 0.348 e. The molecule has 88 valence electrons. The molecule has 0 unspecified atom stereocenters. The minimum Gasteiger partial charge on any atom is -0.421 e. The molecule has 1 aromatic carbocycles. The molecule has 4 nitrogen and oxygen atoms in total. The van der Waals surface area contributed by atoms with Gasteiger partial charge in [0.1, 0.15) is 16.3 Å². The fourth-order valence-electron chi connectivity index (χ4n) is 1.21. The number of benzene rings is 1. The van der Waals surface area contributed by atoms with Gasteiger partial charge in [-0.15, -0.1) is 0 Å². The molecule has 0 spiro atoms. The standard InChI is InChI=1S/C11H7Cl2NO3/c1-6-7(5-14-17-6)11(15)16-9-4-2-3-8(12)10(9)13/h2-5H,1H3. The van der Waals surface area contributed by atoms with E-state index in [0.717, 1.165) is 0 Å². The van der Waals surface area contributed by atoms with Gasteiger partial charge in [0, 0.05) is 0 Å². The van der Waals surface area contributed by atoms with Crippen molar-refractivity contribution in [2.75, 3.05) is 0 Å². The number of hydrogen-bond acceptors (Lipinski definition) is 4. The van der Waals surface area contributed by atoms with Gasteiger partial charge in [-0.1, -0.05) is 34.4 Å². The van der Waals surface area contributed by atoms with Crippen molar-refractivity contribution in [1.82, 2.24) is 5.16 Å². The zero-order chi connectivity index (χ0) is 12.4. The van der Waals surface area contributed by atoms with Crippen LogP contribution in [0.25, 0.3) is 0 Å². The Morgan fingerprint density at radius 1 is 1.41 bits per heavy atom. The number of halogens is 2. The van der Waals surface area contributed by atoms with Crippen molar-refractivity contribution >= 4 is 29.2 Å². The van der Waals surface area contributed by atoms with Crippen LogP contribution in [0.2, 0.25) is 10.0 Å². The number of rotatable bonds is 2. The molecule has 2 aromatic rings. The number of carbonyl (C=O) groups is 1. The van der Waals surface area contributed by atoms with E-state index in [-0.39, 0.29) is 16.3 Å². The Hall–Kier alpha value is -1.52. The van der Waals surface area contributed by atoms with Crippen molar-refractivity contribution in [3.05, 3.63) is 45.8 Å². The molecule has 1 aromatic heterocycles. The topological polar surface area (TPSA) is 52.3 Å². The summed E-state index contributed by atoms with van der Waals surface area (Å²) < 4.78 is 9.86. The summed E-state index contributed by atoms with van der Waals surface area (Å²) in [6, 6.07) is 4.79. The zero-order valence-corrected chi connectivity index (χ0v) is 10.2. The van der Waals surface area contributed by atoms with Gasteiger partial charge in [0.05, 0.1) is 11.2 Å². The highest BCUT2D eigenvalue weighted by Crippen LogP contribution is 2.32. The van der Waals surface area contributed by atoms with E-state index in [4.69, 9.17) is 32.5 Å². The first kappa shape index (κ1) is 12.0. The second-order valence-electron chi connectivity index (χ2n) is 3.24. The summed E-state index contributed by atoms with van der Waals surface area (Å²) in [4.78, 5) is 11.7. The molecule has 1 heterocycles. The summed E-state index contributed by atoms with van der Waals surface area (Å²) in [6.07, 6.45) is 1.29. The van der Waals surface area contributed by atoms with E-state index < -0.39 is 5.97 Å². The largest absolute Gasteiger partial charge is 0.421 e. The van der Waals surface area contributed by atoms with Crippen LogP contribution in [0.5, 0.6) is 5.75 Å². The van der Waals surface area contributed by atoms with E-state index in [1.807, 2.05) is 0 Å². The lowest BCUT2D eigenvalue weighted by Crippen LogP contribution is -2.09. The molecule has 0 radical (unpaired) electrons. The summed E-state index contributed by atoms with van der Waals surface area (Å²) in [5.74, 6) is -0.00849. The molecular formula is C11H7Cl2NO3. The highest BCUT2D eigenvalue weighted by molar-refractivity contribution is 6.43. The third-order valence-corrected chi connectivity index (χ3v) is 2.89. The van der Waals surface area contributed by atoms with Crippen molar-refractivity contribution < 1.29 is 14.1 Å². The van der Waals surface area contributed by atoms with Crippen LogP contribution in [0.1, 0.15) is 16.1 Å². The molecule has 0 aliphatic carbocycles. The lowest BCUT2D eigenvalue weighted by molar-refractivity contribution is 0.0733. The molecule has 0 bridgehead atoms. The lowest BCUT2D eigenvalue weighted by Gasteiger charge is -2.05. The van der Waals surface area contributed by atoms with Crippen LogP contribution in [-0.2, 0) is 0 Å². The number of nitrogens with zero attached hydrogens (tertiary/aromatic N) is 1. The highest BCUT2D eigenvalue weighted by Gasteiger charge is 2.17. The van der Waals surface area contributed by atoms with Crippen LogP contribution >= 0.6 is 23.2 Å². The Bertz CT molecular complexity index is 566. The van der Waals surface area contributed by atoms with Crippen LogP contribution in [0.15, 0.2) is 28.9 Å². The van der Waals surface area contributed by atoms with Gasteiger partial charge in [-0.05, 0) is 19.1 Å². The van der Waals surface area contributed by atoms with Gasteiger partial charge in [-0.2, -0.15) is 0 Å². The fraction of sp³-hybridized carbons (Fsp3) is 0.0909. The Morgan fingerprint density at radius 2 is 2.18 bits per heavy atom. The van der Waals surface area contributed by atoms with Gasteiger partial charge in [0.15, 0.2) is 5.75 Å². The summed E-state index contributed by atoms with van der Waals surface area (Å²) in [5.41, 5.74) is 0.251. The van der Waals surface area contributed by atoms with Crippen molar-refractivity contribution in [3.8, 4) is 5.75 Å². The average Bonchev–Trinajstić information content (AvgIpc) is 2.71. The number of ether oxygens (including phenoxy) is 1. The smallest absolute Gasteiger partial charge is 0.348 e. The van der Waals surface area contributed by atoms with Gasteiger partial charge in [-0.25, -0.2) is 4.79 Å². The quantitative estimate of drug-likeness (QED) is 0.620. The molecule has 2 rings (SSSR count). The van der Waals surface area contributed by atoms with E-state index in [1.165, 1.54) is 6.20 Å². The monoisotopic (exact) mass is 271 g/mol. The second kappa shape index (κ2) is 4.77. The molecule has 0 amide bonds. The fourth-order valence-corrected chi connectivity index (χ4v) is 1.54. The molecule has 0 saturated heterocycles. The van der Waals surface area contributed by atoms with Crippen molar-refractivity contribution in [3.63, 3.8) is 0 Å². The molecule has 0 aliphatic heterocycles.